The van der Waals surface area contributed by atoms with E-state index in [4.69, 9.17) is 11.6 Å². The van der Waals surface area contributed by atoms with Crippen molar-refractivity contribution >= 4 is 33.2 Å². The molecule has 1 aliphatic heterocycles. The second kappa shape index (κ2) is 8.19. The van der Waals surface area contributed by atoms with Gasteiger partial charge in [-0.25, -0.2) is 8.42 Å². The topological polar surface area (TPSA) is 79.4 Å². The van der Waals surface area contributed by atoms with E-state index < -0.39 is 15.9 Å². The summed E-state index contributed by atoms with van der Waals surface area (Å²) in [6.45, 7) is 6.56. The van der Waals surface area contributed by atoms with Crippen molar-refractivity contribution in [2.75, 3.05) is 18.4 Å². The van der Waals surface area contributed by atoms with Crippen LogP contribution in [-0.4, -0.2) is 36.7 Å². The predicted molar refractivity (Wildman–Crippen MR) is 110 cm³/mol. The number of amides is 1. The van der Waals surface area contributed by atoms with Crippen LogP contribution in [0.5, 0.6) is 0 Å². The summed E-state index contributed by atoms with van der Waals surface area (Å²) in [4.78, 5) is 17.1. The average Bonchev–Trinajstić information content (AvgIpc) is 2.65. The van der Waals surface area contributed by atoms with Crippen molar-refractivity contribution in [3.63, 3.8) is 0 Å². The standard InChI is InChI=1S/C20H24ClN3O3S/c1-13-11-14(2)22-15(3)19(13)23-20(25)16-7-8-17(21)18(12-16)28(26,27)24-9-5-4-6-10-24/h7-8,11-12H,4-6,9-10H2,1-3H3,(H,23,25). The van der Waals surface area contributed by atoms with Gasteiger partial charge in [-0.05, 0) is 63.4 Å². The van der Waals surface area contributed by atoms with Gasteiger partial charge in [0.1, 0.15) is 4.90 Å². The lowest BCUT2D eigenvalue weighted by Gasteiger charge is -2.26. The Kier molecular flexibility index (Phi) is 6.07. The number of benzene rings is 1. The molecule has 3 rings (SSSR count). The number of rotatable bonds is 4. The lowest BCUT2D eigenvalue weighted by molar-refractivity contribution is 0.102. The van der Waals surface area contributed by atoms with Crippen molar-refractivity contribution in [1.29, 1.82) is 0 Å². The molecule has 1 aromatic carbocycles. The Balaban J connectivity index is 1.92. The molecule has 1 aliphatic rings. The van der Waals surface area contributed by atoms with Crippen molar-refractivity contribution in [3.8, 4) is 0 Å². The first-order valence-corrected chi connectivity index (χ1v) is 11.1. The quantitative estimate of drug-likeness (QED) is 0.806. The minimum atomic E-state index is -3.73. The maximum Gasteiger partial charge on any atom is 0.255 e. The average molecular weight is 422 g/mol. The first-order chi connectivity index (χ1) is 13.2. The molecule has 28 heavy (non-hydrogen) atoms. The van der Waals surface area contributed by atoms with E-state index in [1.807, 2.05) is 26.8 Å². The van der Waals surface area contributed by atoms with Gasteiger partial charge in [0, 0.05) is 24.3 Å². The molecule has 0 bridgehead atoms. The van der Waals surface area contributed by atoms with E-state index in [1.165, 1.54) is 22.5 Å². The highest BCUT2D eigenvalue weighted by molar-refractivity contribution is 7.89. The lowest BCUT2D eigenvalue weighted by Crippen LogP contribution is -2.35. The number of halogens is 1. The van der Waals surface area contributed by atoms with Crippen LogP contribution in [0, 0.1) is 20.8 Å². The van der Waals surface area contributed by atoms with Crippen LogP contribution in [0.3, 0.4) is 0 Å². The Labute approximate surface area is 171 Å². The fraction of sp³-hybridized carbons (Fsp3) is 0.400. The number of sulfonamides is 1. The normalized spacial score (nSPS) is 15.4. The highest BCUT2D eigenvalue weighted by atomic mass is 35.5. The molecule has 0 atom stereocenters. The SMILES string of the molecule is Cc1cc(C)c(NC(=O)c2ccc(Cl)c(S(=O)(=O)N3CCCCC3)c2)c(C)n1. The van der Waals surface area contributed by atoms with E-state index >= 15 is 0 Å². The zero-order chi connectivity index (χ0) is 20.5. The summed E-state index contributed by atoms with van der Waals surface area (Å²) in [5.41, 5.74) is 3.34. The molecular weight excluding hydrogens is 398 g/mol. The molecule has 8 heteroatoms. The summed E-state index contributed by atoms with van der Waals surface area (Å²) in [6.07, 6.45) is 2.68. The third kappa shape index (κ3) is 4.21. The number of nitrogens with one attached hydrogen (secondary N) is 1. The summed E-state index contributed by atoms with van der Waals surface area (Å²) >= 11 is 6.19. The second-order valence-electron chi connectivity index (χ2n) is 7.11. The molecule has 0 unspecified atom stereocenters. The van der Waals surface area contributed by atoms with Crippen LogP contribution in [0.15, 0.2) is 29.2 Å². The van der Waals surface area contributed by atoms with E-state index in [-0.39, 0.29) is 15.5 Å². The number of piperidine rings is 1. The molecule has 1 fully saturated rings. The van der Waals surface area contributed by atoms with Crippen LogP contribution >= 0.6 is 11.6 Å². The largest absolute Gasteiger partial charge is 0.320 e. The first-order valence-electron chi connectivity index (χ1n) is 9.26. The third-order valence-electron chi connectivity index (χ3n) is 4.89. The Hall–Kier alpha value is -1.96. The minimum absolute atomic E-state index is 0.0285. The van der Waals surface area contributed by atoms with Gasteiger partial charge < -0.3 is 5.32 Å². The van der Waals surface area contributed by atoms with Crippen molar-refractivity contribution in [2.45, 2.75) is 44.9 Å². The summed E-state index contributed by atoms with van der Waals surface area (Å²) in [5, 5.41) is 2.96. The molecule has 0 spiro atoms. The Morgan fingerprint density at radius 2 is 1.79 bits per heavy atom. The number of hydrogen-bond acceptors (Lipinski definition) is 4. The molecule has 6 nitrogen and oxygen atoms in total. The molecule has 1 saturated heterocycles. The smallest absolute Gasteiger partial charge is 0.255 e. The summed E-state index contributed by atoms with van der Waals surface area (Å²) < 4.78 is 27.4. The minimum Gasteiger partial charge on any atom is -0.320 e. The van der Waals surface area contributed by atoms with E-state index in [9.17, 15) is 13.2 Å². The van der Waals surface area contributed by atoms with Crippen LogP contribution < -0.4 is 5.32 Å². The van der Waals surface area contributed by atoms with E-state index in [1.54, 1.807) is 0 Å². The van der Waals surface area contributed by atoms with Crippen LogP contribution in [0.25, 0.3) is 0 Å². The van der Waals surface area contributed by atoms with Gasteiger partial charge in [0.25, 0.3) is 5.91 Å². The molecule has 0 radical (unpaired) electrons. The van der Waals surface area contributed by atoms with Crippen LogP contribution in [0.4, 0.5) is 5.69 Å². The molecule has 0 saturated carbocycles. The highest BCUT2D eigenvalue weighted by Crippen LogP contribution is 2.28. The van der Waals surface area contributed by atoms with E-state index in [0.29, 0.717) is 24.5 Å². The van der Waals surface area contributed by atoms with Crippen molar-refractivity contribution in [1.82, 2.24) is 9.29 Å². The fourth-order valence-corrected chi connectivity index (χ4v) is 5.50. The van der Waals surface area contributed by atoms with Gasteiger partial charge in [-0.15, -0.1) is 0 Å². The lowest BCUT2D eigenvalue weighted by atomic mass is 10.1. The Morgan fingerprint density at radius 3 is 2.43 bits per heavy atom. The zero-order valence-corrected chi connectivity index (χ0v) is 17.8. The maximum atomic E-state index is 13.0. The van der Waals surface area contributed by atoms with Gasteiger partial charge >= 0.3 is 0 Å². The number of aromatic nitrogens is 1. The molecule has 2 aromatic rings. The van der Waals surface area contributed by atoms with Crippen molar-refractivity contribution in [2.24, 2.45) is 0 Å². The van der Waals surface area contributed by atoms with E-state index in [2.05, 4.69) is 10.3 Å². The molecular formula is C20H24ClN3O3S. The zero-order valence-electron chi connectivity index (χ0n) is 16.3. The number of hydrogen-bond donors (Lipinski definition) is 1. The summed E-state index contributed by atoms with van der Waals surface area (Å²) in [6, 6.07) is 6.23. The van der Waals surface area contributed by atoms with Gasteiger partial charge in [-0.3, -0.25) is 9.78 Å². The fourth-order valence-electron chi connectivity index (χ4n) is 3.48. The second-order valence-corrected chi connectivity index (χ2v) is 9.42. The molecule has 2 heterocycles. The predicted octanol–water partition coefficient (Wildman–Crippen LogP) is 4.09. The molecule has 0 aliphatic carbocycles. The Morgan fingerprint density at radius 1 is 1.11 bits per heavy atom. The maximum absolute atomic E-state index is 13.0. The van der Waals surface area contributed by atoms with Crippen LogP contribution in [0.1, 0.15) is 46.6 Å². The van der Waals surface area contributed by atoms with Gasteiger partial charge in [-0.1, -0.05) is 18.0 Å². The van der Waals surface area contributed by atoms with Crippen molar-refractivity contribution < 1.29 is 13.2 Å². The number of carbonyl (C=O) groups excluding carboxylic acids is 1. The number of pyridine rings is 1. The molecule has 150 valence electrons. The van der Waals surface area contributed by atoms with Gasteiger partial charge in [0.2, 0.25) is 10.0 Å². The summed E-state index contributed by atoms with van der Waals surface area (Å²) in [7, 11) is -3.73. The van der Waals surface area contributed by atoms with Crippen LogP contribution in [-0.2, 0) is 10.0 Å². The molecule has 1 amide bonds. The summed E-state index contributed by atoms with van der Waals surface area (Å²) in [5.74, 6) is -0.399. The highest BCUT2D eigenvalue weighted by Gasteiger charge is 2.29. The van der Waals surface area contributed by atoms with Gasteiger partial charge in [-0.2, -0.15) is 4.31 Å². The first kappa shape index (κ1) is 20.8. The molecule has 1 N–H and O–H groups in total. The number of nitrogens with zero attached hydrogens (tertiary/aromatic N) is 2. The number of anilines is 1. The van der Waals surface area contributed by atoms with Gasteiger partial charge in [0.05, 0.1) is 16.4 Å². The Bertz CT molecular complexity index is 992. The van der Waals surface area contributed by atoms with Gasteiger partial charge in [0.15, 0.2) is 0 Å². The number of carbonyl (C=O) groups is 1. The monoisotopic (exact) mass is 421 g/mol. The molecule has 1 aromatic heterocycles. The van der Waals surface area contributed by atoms with Crippen molar-refractivity contribution in [3.05, 3.63) is 51.8 Å². The van der Waals surface area contributed by atoms with Crippen LogP contribution in [0.2, 0.25) is 5.02 Å². The number of aryl methyl sites for hydroxylation is 3. The third-order valence-corrected chi connectivity index (χ3v) is 7.27. The van der Waals surface area contributed by atoms with E-state index in [0.717, 1.165) is 30.5 Å².